The molecule has 0 spiro atoms. The number of H-pyrrole nitrogens is 1. The molecule has 0 radical (unpaired) electrons. The average Bonchev–Trinajstić information content (AvgIpc) is 3.25. The van der Waals surface area contributed by atoms with E-state index in [0.29, 0.717) is 11.4 Å². The Kier molecular flexibility index (Phi) is 2.73. The van der Waals surface area contributed by atoms with E-state index >= 15 is 0 Å². The molecule has 1 fully saturated rings. The smallest absolute Gasteiger partial charge is 0.255 e. The lowest BCUT2D eigenvalue weighted by Gasteiger charge is -2.13. The van der Waals surface area contributed by atoms with Crippen LogP contribution in [0.4, 0.5) is 0 Å². The lowest BCUT2D eigenvalue weighted by Crippen LogP contribution is -2.27. The second kappa shape index (κ2) is 4.73. The predicted molar refractivity (Wildman–Crippen MR) is 78.4 cm³/mol. The van der Waals surface area contributed by atoms with Gasteiger partial charge in [-0.15, -0.1) is 0 Å². The molecule has 0 atom stereocenters. The van der Waals surface area contributed by atoms with Crippen LogP contribution in [-0.4, -0.2) is 43.4 Å². The molecule has 4 heterocycles. The molecule has 0 aliphatic carbocycles. The third-order valence-electron chi connectivity index (χ3n) is 3.85. The van der Waals surface area contributed by atoms with Crippen LogP contribution in [0, 0.1) is 0 Å². The monoisotopic (exact) mass is 281 g/mol. The number of nitrogens with zero attached hydrogens (tertiary/aromatic N) is 4. The number of hydrogen-bond acceptors (Lipinski definition) is 3. The summed E-state index contributed by atoms with van der Waals surface area (Å²) in [6.07, 6.45) is 9.38. The topological polar surface area (TPSA) is 66.8 Å². The van der Waals surface area contributed by atoms with E-state index in [1.165, 1.54) is 0 Å². The van der Waals surface area contributed by atoms with Gasteiger partial charge in [-0.2, -0.15) is 0 Å². The van der Waals surface area contributed by atoms with E-state index in [4.69, 9.17) is 0 Å². The van der Waals surface area contributed by atoms with Crippen molar-refractivity contribution in [2.45, 2.75) is 12.8 Å². The van der Waals surface area contributed by atoms with Gasteiger partial charge in [0.2, 0.25) is 0 Å². The molecule has 0 aromatic carbocycles. The van der Waals surface area contributed by atoms with Crippen molar-refractivity contribution >= 4 is 17.1 Å². The number of nitrogens with one attached hydrogen (secondary N) is 1. The van der Waals surface area contributed by atoms with Gasteiger partial charge in [-0.25, -0.2) is 9.97 Å². The molecule has 1 N–H and O–H groups in total. The van der Waals surface area contributed by atoms with Crippen LogP contribution >= 0.6 is 0 Å². The highest BCUT2D eigenvalue weighted by atomic mass is 16.2. The van der Waals surface area contributed by atoms with E-state index in [1.54, 1.807) is 6.20 Å². The number of carbonyl (C=O) groups excluding carboxylic acids is 1. The van der Waals surface area contributed by atoms with Crippen LogP contribution in [0.3, 0.4) is 0 Å². The van der Waals surface area contributed by atoms with Gasteiger partial charge >= 0.3 is 0 Å². The summed E-state index contributed by atoms with van der Waals surface area (Å²) in [5.74, 6) is 0.810. The van der Waals surface area contributed by atoms with Crippen LogP contribution in [0.15, 0.2) is 36.9 Å². The Morgan fingerprint density at radius 1 is 1.24 bits per heavy atom. The summed E-state index contributed by atoms with van der Waals surface area (Å²) < 4.78 is 1.84. The number of hydrogen-bond donors (Lipinski definition) is 1. The maximum absolute atomic E-state index is 12.3. The summed E-state index contributed by atoms with van der Waals surface area (Å²) in [7, 11) is 0. The van der Waals surface area contributed by atoms with Gasteiger partial charge in [0.1, 0.15) is 5.52 Å². The molecule has 0 saturated carbocycles. The van der Waals surface area contributed by atoms with Gasteiger partial charge in [0.05, 0.1) is 11.8 Å². The van der Waals surface area contributed by atoms with Crippen molar-refractivity contribution in [2.24, 2.45) is 0 Å². The Balaban J connectivity index is 1.65. The minimum absolute atomic E-state index is 0.0990. The predicted octanol–water partition coefficient (Wildman–Crippen LogP) is 1.98. The van der Waals surface area contributed by atoms with Crippen molar-refractivity contribution in [3.05, 3.63) is 42.5 Å². The van der Waals surface area contributed by atoms with Gasteiger partial charge in [-0.1, -0.05) is 0 Å². The summed E-state index contributed by atoms with van der Waals surface area (Å²) in [6, 6.07) is 3.72. The molecule has 6 nitrogen and oxygen atoms in total. The quantitative estimate of drug-likeness (QED) is 0.781. The van der Waals surface area contributed by atoms with E-state index in [1.807, 2.05) is 40.2 Å². The summed E-state index contributed by atoms with van der Waals surface area (Å²) in [6.45, 7) is 1.72. The van der Waals surface area contributed by atoms with Crippen LogP contribution in [0.5, 0.6) is 0 Å². The third kappa shape index (κ3) is 2.08. The molecule has 1 saturated heterocycles. The van der Waals surface area contributed by atoms with Gasteiger partial charge < -0.3 is 14.5 Å². The zero-order valence-electron chi connectivity index (χ0n) is 11.5. The van der Waals surface area contributed by atoms with Crippen LogP contribution in [0.1, 0.15) is 23.2 Å². The first-order valence-corrected chi connectivity index (χ1v) is 7.09. The Morgan fingerprint density at radius 2 is 2.10 bits per heavy atom. The molecular weight excluding hydrogens is 266 g/mol. The summed E-state index contributed by atoms with van der Waals surface area (Å²) in [5.41, 5.74) is 2.28. The van der Waals surface area contributed by atoms with Crippen molar-refractivity contribution in [3.8, 4) is 5.82 Å². The molecule has 21 heavy (non-hydrogen) atoms. The molecule has 6 heteroatoms. The fourth-order valence-electron chi connectivity index (χ4n) is 2.71. The first-order chi connectivity index (χ1) is 10.3. The maximum atomic E-state index is 12.3. The number of rotatable bonds is 2. The fraction of sp³-hybridized carbons (Fsp3) is 0.267. The Morgan fingerprint density at radius 3 is 2.95 bits per heavy atom. The van der Waals surface area contributed by atoms with Gasteiger partial charge in [-0.05, 0) is 25.0 Å². The number of carbonyl (C=O) groups is 1. The number of likely N-dealkylation sites (tertiary alicyclic amines) is 1. The Hall–Kier alpha value is -2.63. The highest BCUT2D eigenvalue weighted by molar-refractivity contribution is 5.94. The van der Waals surface area contributed by atoms with E-state index in [-0.39, 0.29) is 5.91 Å². The molecule has 3 aromatic heterocycles. The summed E-state index contributed by atoms with van der Waals surface area (Å²) >= 11 is 0. The number of amides is 1. The van der Waals surface area contributed by atoms with Gasteiger partial charge in [-0.3, -0.25) is 4.79 Å². The molecular formula is C15H15N5O. The minimum Gasteiger partial charge on any atom is -0.345 e. The first-order valence-electron chi connectivity index (χ1n) is 7.09. The van der Waals surface area contributed by atoms with Crippen molar-refractivity contribution in [1.82, 2.24) is 24.4 Å². The van der Waals surface area contributed by atoms with Crippen LogP contribution in [-0.2, 0) is 0 Å². The lowest BCUT2D eigenvalue weighted by molar-refractivity contribution is 0.0793. The lowest BCUT2D eigenvalue weighted by atomic mass is 10.3. The highest BCUT2D eigenvalue weighted by Gasteiger charge is 2.20. The minimum atomic E-state index is 0.0990. The van der Waals surface area contributed by atoms with E-state index in [0.717, 1.165) is 37.1 Å². The Bertz CT molecular complexity index is 797. The van der Waals surface area contributed by atoms with E-state index < -0.39 is 0 Å². The molecule has 1 aliphatic heterocycles. The average molecular weight is 281 g/mol. The SMILES string of the molecule is O=C(c1ccn(-c2cnc3[nH]ccc3n2)c1)N1CCCC1. The molecule has 0 unspecified atom stereocenters. The van der Waals surface area contributed by atoms with Crippen LogP contribution in [0.2, 0.25) is 0 Å². The van der Waals surface area contributed by atoms with Crippen LogP contribution in [0.25, 0.3) is 17.0 Å². The van der Waals surface area contributed by atoms with Crippen molar-refractivity contribution in [2.75, 3.05) is 13.1 Å². The fourth-order valence-corrected chi connectivity index (χ4v) is 2.71. The molecule has 3 aromatic rings. The molecule has 0 bridgehead atoms. The number of aromatic nitrogens is 4. The maximum Gasteiger partial charge on any atom is 0.255 e. The Labute approximate surface area is 121 Å². The zero-order chi connectivity index (χ0) is 14.2. The summed E-state index contributed by atoms with van der Waals surface area (Å²) in [5, 5.41) is 0. The summed E-state index contributed by atoms with van der Waals surface area (Å²) in [4.78, 5) is 26.1. The highest BCUT2D eigenvalue weighted by Crippen LogP contribution is 2.16. The molecule has 106 valence electrons. The van der Waals surface area contributed by atoms with Gasteiger partial charge in [0.15, 0.2) is 11.5 Å². The van der Waals surface area contributed by atoms with E-state index in [9.17, 15) is 4.79 Å². The molecule has 1 aliphatic rings. The van der Waals surface area contributed by atoms with Crippen LogP contribution < -0.4 is 0 Å². The standard InChI is InChI=1S/C15H15N5O/c21-15(19-6-1-2-7-19)11-4-8-20(10-11)13-9-17-14-12(18-13)3-5-16-14/h3-5,8-10H,1-2,6-7H2,(H,16,17). The largest absolute Gasteiger partial charge is 0.345 e. The van der Waals surface area contributed by atoms with Crippen molar-refractivity contribution in [3.63, 3.8) is 0 Å². The third-order valence-corrected chi connectivity index (χ3v) is 3.85. The first kappa shape index (κ1) is 12.1. The normalized spacial score (nSPS) is 15.0. The van der Waals surface area contributed by atoms with E-state index in [2.05, 4.69) is 15.0 Å². The second-order valence-electron chi connectivity index (χ2n) is 5.25. The molecule has 4 rings (SSSR count). The van der Waals surface area contributed by atoms with Crippen molar-refractivity contribution in [1.29, 1.82) is 0 Å². The van der Waals surface area contributed by atoms with Gasteiger partial charge in [0, 0.05) is 31.7 Å². The van der Waals surface area contributed by atoms with Crippen molar-refractivity contribution < 1.29 is 4.79 Å². The number of aromatic amines is 1. The van der Waals surface area contributed by atoms with Gasteiger partial charge in [0.25, 0.3) is 5.91 Å². The second-order valence-corrected chi connectivity index (χ2v) is 5.25. The molecule has 1 amide bonds. The number of fused-ring (bicyclic) bond motifs is 1. The zero-order valence-corrected chi connectivity index (χ0v) is 11.5.